The van der Waals surface area contributed by atoms with Crippen molar-refractivity contribution in [1.82, 2.24) is 19.4 Å². The molecule has 0 saturated carbocycles. The van der Waals surface area contributed by atoms with Crippen LogP contribution in [0.5, 0.6) is 0 Å². The van der Waals surface area contributed by atoms with E-state index in [2.05, 4.69) is 10.2 Å². The zero-order chi connectivity index (χ0) is 20.5. The van der Waals surface area contributed by atoms with Crippen molar-refractivity contribution in [2.75, 3.05) is 77.9 Å². The van der Waals surface area contributed by atoms with Gasteiger partial charge in [0.05, 0.1) is 19.0 Å². The van der Waals surface area contributed by atoms with Gasteiger partial charge in [0.25, 0.3) is 5.91 Å². The predicted molar refractivity (Wildman–Crippen MR) is 112 cm³/mol. The van der Waals surface area contributed by atoms with Gasteiger partial charge >= 0.3 is 0 Å². The van der Waals surface area contributed by atoms with E-state index >= 15 is 0 Å². The molecule has 2 heterocycles. The molecular formula is C20H32N4O4S. The van der Waals surface area contributed by atoms with Crippen molar-refractivity contribution in [1.29, 1.82) is 0 Å². The van der Waals surface area contributed by atoms with E-state index in [1.54, 1.807) is 17.0 Å². The molecule has 1 aromatic carbocycles. The van der Waals surface area contributed by atoms with Crippen LogP contribution in [0.25, 0.3) is 0 Å². The molecule has 0 atom stereocenters. The first kappa shape index (κ1) is 22.2. The van der Waals surface area contributed by atoms with Gasteiger partial charge in [0.15, 0.2) is 0 Å². The van der Waals surface area contributed by atoms with Crippen LogP contribution < -0.4 is 5.32 Å². The molecule has 0 bridgehead atoms. The monoisotopic (exact) mass is 424 g/mol. The number of sulfonamides is 1. The second-order valence-electron chi connectivity index (χ2n) is 7.43. The van der Waals surface area contributed by atoms with E-state index in [1.807, 2.05) is 18.2 Å². The van der Waals surface area contributed by atoms with Crippen molar-refractivity contribution < 1.29 is 17.9 Å². The molecule has 2 fully saturated rings. The normalized spacial score (nSPS) is 19.2. The Bertz CT molecular complexity index is 732. The molecule has 0 unspecified atom stereocenters. The number of carbonyl (C=O) groups is 1. The number of ether oxygens (including phenoxy) is 1. The van der Waals surface area contributed by atoms with E-state index in [-0.39, 0.29) is 18.2 Å². The van der Waals surface area contributed by atoms with Crippen LogP contribution in [0, 0.1) is 0 Å². The summed E-state index contributed by atoms with van der Waals surface area (Å²) in [7, 11) is -3.37. The summed E-state index contributed by atoms with van der Waals surface area (Å²) < 4.78 is 32.3. The molecule has 162 valence electrons. The lowest BCUT2D eigenvalue weighted by Crippen LogP contribution is -2.48. The Balaban J connectivity index is 1.59. The van der Waals surface area contributed by atoms with Gasteiger partial charge in [-0.15, -0.1) is 0 Å². The molecule has 1 amide bonds. The maximum absolute atomic E-state index is 13.0. The van der Waals surface area contributed by atoms with Crippen LogP contribution in [0.1, 0.15) is 16.8 Å². The largest absolute Gasteiger partial charge is 0.379 e. The highest BCUT2D eigenvalue weighted by Gasteiger charge is 2.26. The second-order valence-corrected chi connectivity index (χ2v) is 9.52. The Labute approximate surface area is 173 Å². The fourth-order valence-corrected chi connectivity index (χ4v) is 5.11. The van der Waals surface area contributed by atoms with E-state index in [4.69, 9.17) is 4.74 Å². The zero-order valence-electron chi connectivity index (χ0n) is 17.0. The van der Waals surface area contributed by atoms with Gasteiger partial charge < -0.3 is 15.0 Å². The fourth-order valence-electron chi connectivity index (χ4n) is 3.67. The molecule has 8 nitrogen and oxygen atoms in total. The van der Waals surface area contributed by atoms with Gasteiger partial charge in [0, 0.05) is 64.5 Å². The van der Waals surface area contributed by atoms with Crippen LogP contribution in [0.3, 0.4) is 0 Å². The Morgan fingerprint density at radius 3 is 2.41 bits per heavy atom. The Morgan fingerprint density at radius 2 is 1.72 bits per heavy atom. The van der Waals surface area contributed by atoms with Gasteiger partial charge in [-0.25, -0.2) is 8.42 Å². The highest BCUT2D eigenvalue weighted by molar-refractivity contribution is 7.89. The lowest BCUT2D eigenvalue weighted by atomic mass is 10.2. The minimum absolute atomic E-state index is 0.0386. The van der Waals surface area contributed by atoms with Gasteiger partial charge in [-0.05, 0) is 18.6 Å². The SMILES string of the molecule is O=C(c1ccccc1)N(CCCN1CCOCC1)CCS(=O)(=O)N1CCNCC1. The van der Waals surface area contributed by atoms with Crippen LogP contribution in [-0.4, -0.2) is 106 Å². The van der Waals surface area contributed by atoms with E-state index in [1.165, 1.54) is 4.31 Å². The number of hydrogen-bond acceptors (Lipinski definition) is 6. The number of nitrogens with zero attached hydrogens (tertiary/aromatic N) is 3. The van der Waals surface area contributed by atoms with E-state index < -0.39 is 10.0 Å². The van der Waals surface area contributed by atoms with Crippen LogP contribution in [0.15, 0.2) is 30.3 Å². The number of benzene rings is 1. The maximum Gasteiger partial charge on any atom is 0.253 e. The van der Waals surface area contributed by atoms with Crippen LogP contribution >= 0.6 is 0 Å². The highest BCUT2D eigenvalue weighted by Crippen LogP contribution is 2.09. The van der Waals surface area contributed by atoms with E-state index in [0.29, 0.717) is 38.3 Å². The average Bonchev–Trinajstić information content (AvgIpc) is 2.77. The van der Waals surface area contributed by atoms with Crippen molar-refractivity contribution >= 4 is 15.9 Å². The number of amides is 1. The quantitative estimate of drug-likeness (QED) is 0.605. The summed E-state index contributed by atoms with van der Waals surface area (Å²) in [5.74, 6) is -0.147. The first-order valence-corrected chi connectivity index (χ1v) is 12.0. The molecule has 2 aliphatic rings. The standard InChI is InChI=1S/C20H32N4O4S/c25-20(19-5-2-1-3-6-19)23(10-4-9-22-13-16-28-17-14-22)15-18-29(26,27)24-11-7-21-8-12-24/h1-3,5-6,21H,4,7-18H2. The molecule has 1 aromatic rings. The van der Waals surface area contributed by atoms with Gasteiger partial charge in [-0.3, -0.25) is 9.69 Å². The van der Waals surface area contributed by atoms with Gasteiger partial charge in [0.2, 0.25) is 10.0 Å². The minimum Gasteiger partial charge on any atom is -0.379 e. The summed E-state index contributed by atoms with van der Waals surface area (Å²) in [6, 6.07) is 9.09. The number of piperazine rings is 1. The molecule has 29 heavy (non-hydrogen) atoms. The molecular weight excluding hydrogens is 392 g/mol. The second kappa shape index (κ2) is 11.0. The van der Waals surface area contributed by atoms with Crippen molar-refractivity contribution in [2.45, 2.75) is 6.42 Å². The Morgan fingerprint density at radius 1 is 1.03 bits per heavy atom. The van der Waals surface area contributed by atoms with Crippen molar-refractivity contribution in [3.8, 4) is 0 Å². The third-order valence-corrected chi connectivity index (χ3v) is 7.25. The Kier molecular flexibility index (Phi) is 8.43. The topological polar surface area (TPSA) is 82.2 Å². The average molecular weight is 425 g/mol. The summed E-state index contributed by atoms with van der Waals surface area (Å²) >= 11 is 0. The molecule has 0 radical (unpaired) electrons. The third-order valence-electron chi connectivity index (χ3n) is 5.40. The van der Waals surface area contributed by atoms with Crippen molar-refractivity contribution in [3.05, 3.63) is 35.9 Å². The molecule has 0 spiro atoms. The summed E-state index contributed by atoms with van der Waals surface area (Å²) in [6.45, 7) is 7.27. The number of carbonyl (C=O) groups excluding carboxylic acids is 1. The third kappa shape index (κ3) is 6.75. The summed E-state index contributed by atoms with van der Waals surface area (Å²) in [4.78, 5) is 17.0. The summed E-state index contributed by atoms with van der Waals surface area (Å²) in [5.41, 5.74) is 0.596. The highest BCUT2D eigenvalue weighted by atomic mass is 32.2. The lowest BCUT2D eigenvalue weighted by Gasteiger charge is -2.30. The number of morpholine rings is 1. The van der Waals surface area contributed by atoms with Gasteiger partial charge in [-0.2, -0.15) is 4.31 Å². The van der Waals surface area contributed by atoms with E-state index in [9.17, 15) is 13.2 Å². The molecule has 0 aromatic heterocycles. The molecule has 9 heteroatoms. The van der Waals surface area contributed by atoms with Crippen LogP contribution in [0.2, 0.25) is 0 Å². The molecule has 3 rings (SSSR count). The molecule has 1 N–H and O–H groups in total. The first-order valence-electron chi connectivity index (χ1n) is 10.4. The lowest BCUT2D eigenvalue weighted by molar-refractivity contribution is 0.0358. The number of rotatable bonds is 9. The van der Waals surface area contributed by atoms with Crippen LogP contribution in [0.4, 0.5) is 0 Å². The minimum atomic E-state index is -3.37. The molecule has 0 aliphatic carbocycles. The summed E-state index contributed by atoms with van der Waals surface area (Å²) in [5, 5.41) is 3.17. The van der Waals surface area contributed by atoms with Crippen molar-refractivity contribution in [3.63, 3.8) is 0 Å². The smallest absolute Gasteiger partial charge is 0.253 e. The maximum atomic E-state index is 13.0. The summed E-state index contributed by atoms with van der Waals surface area (Å²) in [6.07, 6.45) is 0.812. The van der Waals surface area contributed by atoms with Gasteiger partial charge in [0.1, 0.15) is 0 Å². The number of hydrogen-bond donors (Lipinski definition) is 1. The fraction of sp³-hybridized carbons (Fsp3) is 0.650. The first-order chi connectivity index (χ1) is 14.1. The van der Waals surface area contributed by atoms with E-state index in [0.717, 1.165) is 39.3 Å². The van der Waals surface area contributed by atoms with Gasteiger partial charge in [-0.1, -0.05) is 18.2 Å². The Hall–Kier alpha value is -1.52. The molecule has 2 saturated heterocycles. The van der Waals surface area contributed by atoms with Crippen molar-refractivity contribution in [2.24, 2.45) is 0 Å². The number of nitrogens with one attached hydrogen (secondary N) is 1. The van der Waals surface area contributed by atoms with Crippen LogP contribution in [-0.2, 0) is 14.8 Å². The zero-order valence-corrected chi connectivity index (χ0v) is 17.8. The predicted octanol–water partition coefficient (Wildman–Crippen LogP) is 0.0861. The molecule has 2 aliphatic heterocycles.